The molecule has 0 aliphatic heterocycles. The largest absolute Gasteiger partial charge is 0.393 e. The van der Waals surface area contributed by atoms with Crippen LogP contribution >= 0.6 is 0 Å². The second kappa shape index (κ2) is 4.92. The molecule has 0 aromatic heterocycles. The van der Waals surface area contributed by atoms with E-state index in [1.807, 2.05) is 0 Å². The normalized spacial score (nSPS) is 32.5. The van der Waals surface area contributed by atoms with Crippen LogP contribution in [0.15, 0.2) is 24.3 Å². The summed E-state index contributed by atoms with van der Waals surface area (Å²) in [6.45, 7) is 5.78. The lowest BCUT2D eigenvalue weighted by Gasteiger charge is -2.42. The molecule has 19 heavy (non-hydrogen) atoms. The highest BCUT2D eigenvalue weighted by Gasteiger charge is 2.36. The van der Waals surface area contributed by atoms with Gasteiger partial charge in [0.15, 0.2) is 0 Å². The zero-order chi connectivity index (χ0) is 13.5. The quantitative estimate of drug-likeness (QED) is 0.874. The molecule has 0 heterocycles. The Hall–Kier alpha value is -0.860. The van der Waals surface area contributed by atoms with Gasteiger partial charge in [-0.3, -0.25) is 0 Å². The molecule has 1 atom stereocenters. The fourth-order valence-electron chi connectivity index (χ4n) is 3.60. The number of hydrogen-bond acceptors (Lipinski definition) is 2. The van der Waals surface area contributed by atoms with E-state index in [0.29, 0.717) is 17.4 Å². The fraction of sp³-hybridized carbons (Fsp3) is 0.647. The number of rotatable bonds is 3. The lowest BCUT2D eigenvalue weighted by Crippen LogP contribution is -2.43. The average Bonchev–Trinajstić information content (AvgIpc) is 2.34. The monoisotopic (exact) mass is 259 g/mol. The molecule has 1 aromatic rings. The molecular weight excluding hydrogens is 234 g/mol. The van der Waals surface area contributed by atoms with E-state index in [2.05, 4.69) is 43.4 Å². The molecule has 1 fully saturated rings. The maximum atomic E-state index is 9.39. The minimum absolute atomic E-state index is 0.0431. The number of nitrogens with one attached hydrogen (secondary N) is 1. The van der Waals surface area contributed by atoms with E-state index >= 15 is 0 Å². The third-order valence-corrected chi connectivity index (χ3v) is 5.01. The van der Waals surface area contributed by atoms with E-state index < -0.39 is 0 Å². The smallest absolute Gasteiger partial charge is 0.0546 e. The molecule has 0 saturated heterocycles. The van der Waals surface area contributed by atoms with E-state index in [1.54, 1.807) is 0 Å². The summed E-state index contributed by atoms with van der Waals surface area (Å²) in [7, 11) is 0. The van der Waals surface area contributed by atoms with Crippen molar-refractivity contribution in [2.75, 3.05) is 6.54 Å². The molecule has 1 aromatic carbocycles. The van der Waals surface area contributed by atoms with Gasteiger partial charge in [-0.05, 0) is 54.7 Å². The van der Waals surface area contributed by atoms with Gasteiger partial charge in [-0.25, -0.2) is 0 Å². The minimum Gasteiger partial charge on any atom is -0.393 e. The Morgan fingerprint density at radius 3 is 2.74 bits per heavy atom. The van der Waals surface area contributed by atoms with Crippen LogP contribution in [0.2, 0.25) is 0 Å². The Bertz CT molecular complexity index is 448. The van der Waals surface area contributed by atoms with Gasteiger partial charge in [0.05, 0.1) is 6.10 Å². The Morgan fingerprint density at radius 1 is 1.26 bits per heavy atom. The molecule has 2 aliphatic carbocycles. The summed E-state index contributed by atoms with van der Waals surface area (Å²) in [5.74, 6) is 0.667. The number of aliphatic hydroxyl groups excluding tert-OH is 1. The van der Waals surface area contributed by atoms with Crippen molar-refractivity contribution in [1.82, 2.24) is 5.32 Å². The van der Waals surface area contributed by atoms with Gasteiger partial charge < -0.3 is 10.4 Å². The second-order valence-corrected chi connectivity index (χ2v) is 7.02. The van der Waals surface area contributed by atoms with Crippen molar-refractivity contribution in [1.29, 1.82) is 0 Å². The third-order valence-electron chi connectivity index (χ3n) is 5.01. The minimum atomic E-state index is -0.0431. The first-order valence-electron chi connectivity index (χ1n) is 7.55. The number of aryl methyl sites for hydroxylation is 1. The van der Waals surface area contributed by atoms with E-state index in [1.165, 1.54) is 24.0 Å². The highest BCUT2D eigenvalue weighted by Crippen LogP contribution is 2.43. The van der Waals surface area contributed by atoms with Crippen LogP contribution in [0.4, 0.5) is 0 Å². The molecule has 2 nitrogen and oxygen atoms in total. The van der Waals surface area contributed by atoms with Crippen molar-refractivity contribution in [2.24, 2.45) is 11.3 Å². The summed E-state index contributed by atoms with van der Waals surface area (Å²) in [6.07, 6.45) is 4.35. The second-order valence-electron chi connectivity index (χ2n) is 7.02. The van der Waals surface area contributed by atoms with Crippen LogP contribution in [-0.2, 0) is 6.42 Å². The Labute approximate surface area is 116 Å². The summed E-state index contributed by atoms with van der Waals surface area (Å²) in [4.78, 5) is 0. The van der Waals surface area contributed by atoms with Gasteiger partial charge in [0.2, 0.25) is 0 Å². The number of benzene rings is 1. The first kappa shape index (κ1) is 13.1. The molecule has 0 spiro atoms. The summed E-state index contributed by atoms with van der Waals surface area (Å²) in [6, 6.07) is 9.31. The predicted molar refractivity (Wildman–Crippen MR) is 78.0 cm³/mol. The summed E-state index contributed by atoms with van der Waals surface area (Å²) < 4.78 is 0. The van der Waals surface area contributed by atoms with E-state index in [9.17, 15) is 5.11 Å². The molecule has 1 saturated carbocycles. The van der Waals surface area contributed by atoms with Crippen LogP contribution in [0.1, 0.15) is 50.3 Å². The Balaban J connectivity index is 1.73. The maximum absolute atomic E-state index is 9.39. The van der Waals surface area contributed by atoms with Gasteiger partial charge in [-0.2, -0.15) is 0 Å². The van der Waals surface area contributed by atoms with Crippen LogP contribution < -0.4 is 5.32 Å². The van der Waals surface area contributed by atoms with Crippen molar-refractivity contribution < 1.29 is 5.11 Å². The average molecular weight is 259 g/mol. The zero-order valence-corrected chi connectivity index (χ0v) is 12.0. The molecule has 104 valence electrons. The molecule has 2 aliphatic rings. The van der Waals surface area contributed by atoms with Gasteiger partial charge in [-0.1, -0.05) is 38.1 Å². The molecular formula is C17H25NO. The van der Waals surface area contributed by atoms with Crippen LogP contribution in [0, 0.1) is 11.3 Å². The molecule has 0 bridgehead atoms. The van der Waals surface area contributed by atoms with Gasteiger partial charge >= 0.3 is 0 Å². The van der Waals surface area contributed by atoms with Gasteiger partial charge in [0.25, 0.3) is 0 Å². The van der Waals surface area contributed by atoms with E-state index in [4.69, 9.17) is 0 Å². The van der Waals surface area contributed by atoms with Gasteiger partial charge in [0, 0.05) is 6.04 Å². The molecule has 0 radical (unpaired) electrons. The SMILES string of the molecule is CC1(C)CCc2ccccc2C1NCC1CC(O)C1. The van der Waals surface area contributed by atoms with Gasteiger partial charge in [0.1, 0.15) is 0 Å². The summed E-state index contributed by atoms with van der Waals surface area (Å²) >= 11 is 0. The van der Waals surface area contributed by atoms with Crippen molar-refractivity contribution >= 4 is 0 Å². The lowest BCUT2D eigenvalue weighted by atomic mass is 9.70. The highest BCUT2D eigenvalue weighted by molar-refractivity contribution is 5.34. The third kappa shape index (κ3) is 2.56. The van der Waals surface area contributed by atoms with Crippen molar-refractivity contribution in [3.63, 3.8) is 0 Å². The topological polar surface area (TPSA) is 32.3 Å². The molecule has 3 rings (SSSR count). The van der Waals surface area contributed by atoms with E-state index in [-0.39, 0.29) is 6.10 Å². The number of fused-ring (bicyclic) bond motifs is 1. The predicted octanol–water partition coefficient (Wildman–Crippen LogP) is 3.06. The highest BCUT2D eigenvalue weighted by atomic mass is 16.3. The lowest BCUT2D eigenvalue weighted by molar-refractivity contribution is 0.0385. The summed E-state index contributed by atoms with van der Waals surface area (Å²) in [5.41, 5.74) is 3.31. The molecule has 0 amide bonds. The first-order valence-corrected chi connectivity index (χ1v) is 7.55. The van der Waals surface area contributed by atoms with Crippen LogP contribution in [0.25, 0.3) is 0 Å². The fourth-order valence-corrected chi connectivity index (χ4v) is 3.60. The van der Waals surface area contributed by atoms with Crippen LogP contribution in [0.3, 0.4) is 0 Å². The van der Waals surface area contributed by atoms with E-state index in [0.717, 1.165) is 19.4 Å². The van der Waals surface area contributed by atoms with Crippen LogP contribution in [0.5, 0.6) is 0 Å². The number of aliphatic hydroxyl groups is 1. The Morgan fingerprint density at radius 2 is 2.00 bits per heavy atom. The van der Waals surface area contributed by atoms with Gasteiger partial charge in [-0.15, -0.1) is 0 Å². The van der Waals surface area contributed by atoms with Crippen molar-refractivity contribution in [3.05, 3.63) is 35.4 Å². The summed E-state index contributed by atoms with van der Waals surface area (Å²) in [5, 5.41) is 13.2. The first-order chi connectivity index (χ1) is 9.06. The number of hydrogen-bond donors (Lipinski definition) is 2. The standard InChI is InChI=1S/C17H25NO/c1-17(2)8-7-13-5-3-4-6-15(13)16(17)18-11-12-9-14(19)10-12/h3-6,12,14,16,18-19H,7-11H2,1-2H3. The van der Waals surface area contributed by atoms with Crippen molar-refractivity contribution in [2.45, 2.75) is 51.7 Å². The molecule has 2 heteroatoms. The molecule has 1 unspecified atom stereocenters. The van der Waals surface area contributed by atoms with Crippen molar-refractivity contribution in [3.8, 4) is 0 Å². The molecule has 2 N–H and O–H groups in total. The Kier molecular flexibility index (Phi) is 3.40. The van der Waals surface area contributed by atoms with Crippen LogP contribution in [-0.4, -0.2) is 17.8 Å². The maximum Gasteiger partial charge on any atom is 0.0546 e. The zero-order valence-electron chi connectivity index (χ0n) is 12.0.